The van der Waals surface area contributed by atoms with Gasteiger partial charge in [-0.05, 0) is 18.6 Å². The van der Waals surface area contributed by atoms with Crippen molar-refractivity contribution in [1.82, 2.24) is 0 Å². The molecule has 92 valence electrons. The largest absolute Gasteiger partial charge is 0.486 e. The van der Waals surface area contributed by atoms with E-state index in [0.29, 0.717) is 24.7 Å². The Hall–Kier alpha value is -1.78. The summed E-state index contributed by atoms with van der Waals surface area (Å²) >= 11 is 0. The molecule has 1 N–H and O–H groups in total. The molecule has 1 aliphatic heterocycles. The highest BCUT2D eigenvalue weighted by Crippen LogP contribution is 2.37. The maximum Gasteiger partial charge on any atom is 0.346 e. The summed E-state index contributed by atoms with van der Waals surface area (Å²) in [5, 5.41) is 8.94. The van der Waals surface area contributed by atoms with Crippen molar-refractivity contribution in [2.75, 3.05) is 13.2 Å². The number of benzene rings is 1. The first-order valence-corrected chi connectivity index (χ1v) is 5.40. The summed E-state index contributed by atoms with van der Waals surface area (Å²) in [6, 6.07) is 4.36. The number of hydrogen-bond acceptors (Lipinski definition) is 3. The van der Waals surface area contributed by atoms with Crippen LogP contribution in [0.2, 0.25) is 0 Å². The number of carbonyl (C=O) groups is 1. The second-order valence-corrected chi connectivity index (χ2v) is 3.82. The van der Waals surface area contributed by atoms with E-state index in [9.17, 15) is 9.18 Å². The summed E-state index contributed by atoms with van der Waals surface area (Å²) < 4.78 is 24.8. The number of carboxylic acid groups (broad SMARTS) is 1. The third-order valence-electron chi connectivity index (χ3n) is 2.83. The summed E-state index contributed by atoms with van der Waals surface area (Å²) in [6.45, 7) is 2.32. The SMILES string of the molecule is CCC(F)(C(=O)O)c1ccc2c(c1)OCCO2. The normalized spacial score (nSPS) is 17.3. The van der Waals surface area contributed by atoms with Gasteiger partial charge in [0.1, 0.15) is 13.2 Å². The lowest BCUT2D eigenvalue weighted by Crippen LogP contribution is -2.30. The minimum absolute atomic E-state index is 0.0803. The number of carboxylic acids is 1. The van der Waals surface area contributed by atoms with Crippen LogP contribution in [-0.2, 0) is 10.5 Å². The Morgan fingerprint density at radius 1 is 1.41 bits per heavy atom. The van der Waals surface area contributed by atoms with Crippen molar-refractivity contribution < 1.29 is 23.8 Å². The molecular weight excluding hydrogens is 227 g/mol. The molecule has 0 amide bonds. The molecule has 0 fully saturated rings. The smallest absolute Gasteiger partial charge is 0.346 e. The molecule has 0 bridgehead atoms. The Morgan fingerprint density at radius 2 is 2.06 bits per heavy atom. The molecule has 0 radical (unpaired) electrons. The minimum atomic E-state index is -2.38. The second kappa shape index (κ2) is 4.24. The third-order valence-corrected chi connectivity index (χ3v) is 2.83. The molecule has 5 heteroatoms. The van der Waals surface area contributed by atoms with Gasteiger partial charge in [-0.2, -0.15) is 0 Å². The second-order valence-electron chi connectivity index (χ2n) is 3.82. The van der Waals surface area contributed by atoms with Crippen LogP contribution < -0.4 is 9.47 Å². The molecule has 1 aromatic carbocycles. The highest BCUT2D eigenvalue weighted by atomic mass is 19.1. The summed E-state index contributed by atoms with van der Waals surface area (Å²) in [5.41, 5.74) is -2.30. The summed E-state index contributed by atoms with van der Waals surface area (Å²) in [7, 11) is 0. The maximum absolute atomic E-state index is 14.2. The first kappa shape index (κ1) is 11.7. The average molecular weight is 240 g/mol. The number of ether oxygens (including phenoxy) is 2. The standard InChI is InChI=1S/C12H13FO4/c1-2-12(13,11(14)15)8-3-4-9-10(7-8)17-6-5-16-9/h3-4,7H,2,5-6H2,1H3,(H,14,15). The Kier molecular flexibility index (Phi) is 2.92. The van der Waals surface area contributed by atoms with Crippen LogP contribution in [0.25, 0.3) is 0 Å². The summed E-state index contributed by atoms with van der Waals surface area (Å²) in [5.74, 6) is -0.578. The van der Waals surface area contributed by atoms with Gasteiger partial charge in [0.25, 0.3) is 0 Å². The fraction of sp³-hybridized carbons (Fsp3) is 0.417. The predicted octanol–water partition coefficient (Wildman–Crippen LogP) is 2.12. The van der Waals surface area contributed by atoms with Gasteiger partial charge in [-0.25, -0.2) is 9.18 Å². The van der Waals surface area contributed by atoms with E-state index in [4.69, 9.17) is 14.6 Å². The van der Waals surface area contributed by atoms with E-state index in [1.807, 2.05) is 0 Å². The van der Waals surface area contributed by atoms with Crippen LogP contribution in [-0.4, -0.2) is 24.3 Å². The zero-order chi connectivity index (χ0) is 12.5. The van der Waals surface area contributed by atoms with Crippen molar-refractivity contribution in [2.24, 2.45) is 0 Å². The third kappa shape index (κ3) is 1.92. The molecule has 1 atom stereocenters. The van der Waals surface area contributed by atoms with Gasteiger partial charge in [0.2, 0.25) is 5.67 Å². The molecule has 0 saturated carbocycles. The molecule has 0 spiro atoms. The lowest BCUT2D eigenvalue weighted by Gasteiger charge is -2.23. The zero-order valence-electron chi connectivity index (χ0n) is 9.40. The molecule has 1 aliphatic rings. The molecule has 17 heavy (non-hydrogen) atoms. The Labute approximate surface area is 98.0 Å². The molecule has 1 heterocycles. The molecule has 1 aromatic rings. The van der Waals surface area contributed by atoms with Gasteiger partial charge in [0.05, 0.1) is 0 Å². The van der Waals surface area contributed by atoms with Crippen LogP contribution in [0.3, 0.4) is 0 Å². The predicted molar refractivity (Wildman–Crippen MR) is 58.1 cm³/mol. The van der Waals surface area contributed by atoms with Crippen LogP contribution in [0.1, 0.15) is 18.9 Å². The van der Waals surface area contributed by atoms with Crippen molar-refractivity contribution in [1.29, 1.82) is 0 Å². The van der Waals surface area contributed by atoms with Crippen molar-refractivity contribution in [3.63, 3.8) is 0 Å². The number of aliphatic carboxylic acids is 1. The van der Waals surface area contributed by atoms with Crippen LogP contribution in [0.4, 0.5) is 4.39 Å². The lowest BCUT2D eigenvalue weighted by molar-refractivity contribution is -0.151. The van der Waals surface area contributed by atoms with Crippen LogP contribution in [0.15, 0.2) is 18.2 Å². The Morgan fingerprint density at radius 3 is 2.65 bits per heavy atom. The highest BCUT2D eigenvalue weighted by molar-refractivity contribution is 5.79. The van der Waals surface area contributed by atoms with E-state index < -0.39 is 11.6 Å². The molecule has 0 aliphatic carbocycles. The molecule has 1 unspecified atom stereocenters. The van der Waals surface area contributed by atoms with Crippen LogP contribution in [0.5, 0.6) is 11.5 Å². The van der Waals surface area contributed by atoms with E-state index >= 15 is 0 Å². The van der Waals surface area contributed by atoms with E-state index in [0.717, 1.165) is 0 Å². The minimum Gasteiger partial charge on any atom is -0.486 e. The van der Waals surface area contributed by atoms with Gasteiger partial charge in [0, 0.05) is 5.56 Å². The Bertz CT molecular complexity index is 446. The molecule has 4 nitrogen and oxygen atoms in total. The zero-order valence-corrected chi connectivity index (χ0v) is 9.40. The van der Waals surface area contributed by atoms with Gasteiger partial charge in [-0.1, -0.05) is 13.0 Å². The topological polar surface area (TPSA) is 55.8 Å². The number of fused-ring (bicyclic) bond motifs is 1. The van der Waals surface area contributed by atoms with E-state index in [2.05, 4.69) is 0 Å². The summed E-state index contributed by atoms with van der Waals surface area (Å²) in [4.78, 5) is 11.0. The van der Waals surface area contributed by atoms with Gasteiger partial charge in [0.15, 0.2) is 11.5 Å². The van der Waals surface area contributed by atoms with Gasteiger partial charge in [-0.15, -0.1) is 0 Å². The summed E-state index contributed by atoms with van der Waals surface area (Å²) in [6.07, 6.45) is -0.137. The van der Waals surface area contributed by atoms with Crippen molar-refractivity contribution in [2.45, 2.75) is 19.0 Å². The van der Waals surface area contributed by atoms with Gasteiger partial charge < -0.3 is 14.6 Å². The first-order chi connectivity index (χ1) is 8.08. The molecule has 0 aromatic heterocycles. The lowest BCUT2D eigenvalue weighted by atomic mass is 9.93. The van der Waals surface area contributed by atoms with Crippen LogP contribution in [0, 0.1) is 0 Å². The molecule has 0 saturated heterocycles. The highest BCUT2D eigenvalue weighted by Gasteiger charge is 2.39. The van der Waals surface area contributed by atoms with Crippen molar-refractivity contribution in [3.8, 4) is 11.5 Å². The van der Waals surface area contributed by atoms with Crippen molar-refractivity contribution >= 4 is 5.97 Å². The number of halogens is 1. The van der Waals surface area contributed by atoms with E-state index in [-0.39, 0.29) is 12.0 Å². The number of hydrogen-bond donors (Lipinski definition) is 1. The maximum atomic E-state index is 14.2. The van der Waals surface area contributed by atoms with E-state index in [1.165, 1.54) is 25.1 Å². The molecular formula is C12H13FO4. The fourth-order valence-electron chi connectivity index (χ4n) is 1.77. The molecule has 2 rings (SSSR count). The number of alkyl halides is 1. The quantitative estimate of drug-likeness (QED) is 0.879. The average Bonchev–Trinajstić information content (AvgIpc) is 2.37. The monoisotopic (exact) mass is 240 g/mol. The van der Waals surface area contributed by atoms with Gasteiger partial charge in [-0.3, -0.25) is 0 Å². The van der Waals surface area contributed by atoms with Crippen LogP contribution >= 0.6 is 0 Å². The van der Waals surface area contributed by atoms with Gasteiger partial charge >= 0.3 is 5.97 Å². The Balaban J connectivity index is 2.42. The first-order valence-electron chi connectivity index (χ1n) is 5.40. The fourth-order valence-corrected chi connectivity index (χ4v) is 1.77. The number of rotatable bonds is 3. The van der Waals surface area contributed by atoms with Crippen molar-refractivity contribution in [3.05, 3.63) is 23.8 Å². The van der Waals surface area contributed by atoms with E-state index in [1.54, 1.807) is 0 Å².